The minimum absolute atomic E-state index is 0.00731. The van der Waals surface area contributed by atoms with Gasteiger partial charge in [-0.25, -0.2) is 0 Å². The molecule has 1 aromatic carbocycles. The van der Waals surface area contributed by atoms with Gasteiger partial charge in [0, 0.05) is 25.4 Å². The third-order valence-electron chi connectivity index (χ3n) is 3.25. The zero-order valence-corrected chi connectivity index (χ0v) is 12.2. The quantitative estimate of drug-likeness (QED) is 0.744. The fourth-order valence-electron chi connectivity index (χ4n) is 2.40. The molecule has 9 heteroatoms. The Hall–Kier alpha value is -1.77. The van der Waals surface area contributed by atoms with Crippen LogP contribution in [0.3, 0.4) is 0 Å². The van der Waals surface area contributed by atoms with E-state index in [1.54, 1.807) is 0 Å². The van der Waals surface area contributed by atoms with E-state index >= 15 is 0 Å². The summed E-state index contributed by atoms with van der Waals surface area (Å²) in [6, 6.07) is 5.77. The first-order valence-corrected chi connectivity index (χ1v) is 8.02. The molecule has 1 fully saturated rings. The van der Waals surface area contributed by atoms with Crippen molar-refractivity contribution in [3.05, 3.63) is 29.8 Å². The zero-order chi connectivity index (χ0) is 16.3. The number of rotatable bonds is 6. The molecule has 0 aromatic heterocycles. The van der Waals surface area contributed by atoms with Crippen molar-refractivity contribution in [1.82, 2.24) is 4.90 Å². The molecule has 0 saturated carbocycles. The van der Waals surface area contributed by atoms with Crippen molar-refractivity contribution < 1.29 is 30.6 Å². The number of nitrogens with zero attached hydrogens (tertiary/aromatic N) is 1. The second-order valence-corrected chi connectivity index (χ2v) is 6.48. The van der Waals surface area contributed by atoms with Gasteiger partial charge in [-0.05, 0) is 17.7 Å². The SMILES string of the molecule is O=C1CC(CS(=O)(=O)F)CN1Cc1ccc(OC(F)F)cc1. The van der Waals surface area contributed by atoms with Gasteiger partial charge in [0.25, 0.3) is 0 Å². The molecule has 0 N–H and O–H groups in total. The monoisotopic (exact) mass is 337 g/mol. The predicted molar refractivity (Wildman–Crippen MR) is 71.5 cm³/mol. The summed E-state index contributed by atoms with van der Waals surface area (Å²) in [5.41, 5.74) is 0.679. The Kier molecular flexibility index (Phi) is 4.94. The minimum atomic E-state index is -4.61. The third-order valence-corrected chi connectivity index (χ3v) is 4.12. The van der Waals surface area contributed by atoms with E-state index in [0.29, 0.717) is 5.56 Å². The van der Waals surface area contributed by atoms with Crippen molar-refractivity contribution >= 4 is 16.1 Å². The molecule has 1 amide bonds. The fraction of sp³-hybridized carbons (Fsp3) is 0.462. The fourth-order valence-corrected chi connectivity index (χ4v) is 3.18. The van der Waals surface area contributed by atoms with Gasteiger partial charge in [-0.15, -0.1) is 3.89 Å². The summed E-state index contributed by atoms with van der Waals surface area (Å²) < 4.78 is 62.1. The van der Waals surface area contributed by atoms with Crippen molar-refractivity contribution in [2.75, 3.05) is 12.3 Å². The standard InChI is InChI=1S/C13H14F3NO4S/c14-13(15)21-11-3-1-9(2-4-11)6-17-7-10(5-12(17)18)8-22(16,19)20/h1-4,10,13H,5-8H2. The summed E-state index contributed by atoms with van der Waals surface area (Å²) >= 11 is 0. The lowest BCUT2D eigenvalue weighted by Gasteiger charge is -2.16. The first-order chi connectivity index (χ1) is 10.2. The number of amides is 1. The van der Waals surface area contributed by atoms with Gasteiger partial charge < -0.3 is 9.64 Å². The maximum absolute atomic E-state index is 12.6. The van der Waals surface area contributed by atoms with Crippen LogP contribution in [0.25, 0.3) is 0 Å². The van der Waals surface area contributed by atoms with E-state index in [-0.39, 0.29) is 31.2 Å². The molecule has 1 aliphatic heterocycles. The summed E-state index contributed by atoms with van der Waals surface area (Å²) in [6.07, 6.45) is -0.0181. The Labute approximate surface area is 125 Å². The molecule has 0 aliphatic carbocycles. The van der Waals surface area contributed by atoms with E-state index in [9.17, 15) is 25.9 Å². The number of ether oxygens (including phenoxy) is 1. The molecule has 2 rings (SSSR count). The largest absolute Gasteiger partial charge is 0.435 e. The molecular weight excluding hydrogens is 323 g/mol. The van der Waals surface area contributed by atoms with Gasteiger partial charge in [0.15, 0.2) is 0 Å². The molecule has 5 nitrogen and oxygen atoms in total. The van der Waals surface area contributed by atoms with E-state index in [1.807, 2.05) is 0 Å². The van der Waals surface area contributed by atoms with Crippen molar-refractivity contribution in [2.45, 2.75) is 19.6 Å². The molecule has 1 aromatic rings. The van der Waals surface area contributed by atoms with Crippen LogP contribution in [0.15, 0.2) is 24.3 Å². The highest BCUT2D eigenvalue weighted by atomic mass is 32.3. The van der Waals surface area contributed by atoms with E-state index in [4.69, 9.17) is 0 Å². The van der Waals surface area contributed by atoms with E-state index in [1.165, 1.54) is 29.2 Å². The highest BCUT2D eigenvalue weighted by Crippen LogP contribution is 2.23. The Morgan fingerprint density at radius 1 is 1.27 bits per heavy atom. The van der Waals surface area contributed by atoms with Gasteiger partial charge in [0.2, 0.25) is 5.91 Å². The predicted octanol–water partition coefficient (Wildman–Crippen LogP) is 1.94. The summed E-state index contributed by atoms with van der Waals surface area (Å²) in [5.74, 6) is -1.49. The van der Waals surface area contributed by atoms with E-state index in [0.717, 1.165) is 0 Å². The van der Waals surface area contributed by atoms with Gasteiger partial charge in [-0.3, -0.25) is 4.79 Å². The van der Waals surface area contributed by atoms with Crippen molar-refractivity contribution in [3.63, 3.8) is 0 Å². The lowest BCUT2D eigenvalue weighted by molar-refractivity contribution is -0.128. The minimum Gasteiger partial charge on any atom is -0.435 e. The van der Waals surface area contributed by atoms with Crippen LogP contribution in [-0.4, -0.2) is 38.1 Å². The second-order valence-electron chi connectivity index (χ2n) is 5.07. The summed E-state index contributed by atoms with van der Waals surface area (Å²) in [5, 5.41) is 0. The van der Waals surface area contributed by atoms with Gasteiger partial charge in [0.1, 0.15) is 5.75 Å². The smallest absolute Gasteiger partial charge is 0.387 e. The Morgan fingerprint density at radius 2 is 1.91 bits per heavy atom. The van der Waals surface area contributed by atoms with Crippen LogP contribution in [0.5, 0.6) is 5.75 Å². The number of benzene rings is 1. The van der Waals surface area contributed by atoms with Crippen LogP contribution in [0.2, 0.25) is 0 Å². The molecule has 22 heavy (non-hydrogen) atoms. The Bertz CT molecular complexity index is 633. The number of halogens is 3. The average Bonchev–Trinajstić information content (AvgIpc) is 2.69. The number of carbonyl (C=O) groups is 1. The lowest BCUT2D eigenvalue weighted by atomic mass is 10.1. The molecule has 0 bridgehead atoms. The van der Waals surface area contributed by atoms with Crippen molar-refractivity contribution in [2.24, 2.45) is 5.92 Å². The summed E-state index contributed by atoms with van der Waals surface area (Å²) in [4.78, 5) is 13.2. The molecule has 0 spiro atoms. The van der Waals surface area contributed by atoms with Gasteiger partial charge in [-0.1, -0.05) is 12.1 Å². The normalized spacial score (nSPS) is 19.0. The number of hydrogen-bond donors (Lipinski definition) is 0. The average molecular weight is 337 g/mol. The lowest BCUT2D eigenvalue weighted by Crippen LogP contribution is -2.25. The van der Waals surface area contributed by atoms with Gasteiger partial charge >= 0.3 is 16.8 Å². The first kappa shape index (κ1) is 16.6. The van der Waals surface area contributed by atoms with Crippen LogP contribution in [0, 0.1) is 5.92 Å². The molecule has 1 saturated heterocycles. The van der Waals surface area contributed by atoms with E-state index in [2.05, 4.69) is 4.74 Å². The highest BCUT2D eigenvalue weighted by Gasteiger charge is 2.32. The van der Waals surface area contributed by atoms with Gasteiger partial charge in [0.05, 0.1) is 5.75 Å². The maximum Gasteiger partial charge on any atom is 0.387 e. The number of hydrogen-bond acceptors (Lipinski definition) is 4. The molecule has 1 heterocycles. The molecular formula is C13H14F3NO4S. The van der Waals surface area contributed by atoms with Crippen LogP contribution < -0.4 is 4.74 Å². The summed E-state index contributed by atoms with van der Waals surface area (Å²) in [7, 11) is -4.61. The molecule has 1 aliphatic rings. The topological polar surface area (TPSA) is 63.7 Å². The molecule has 1 atom stereocenters. The van der Waals surface area contributed by atoms with Crippen LogP contribution in [0.4, 0.5) is 12.7 Å². The molecule has 0 radical (unpaired) electrons. The Morgan fingerprint density at radius 3 is 2.45 bits per heavy atom. The van der Waals surface area contributed by atoms with Crippen molar-refractivity contribution in [1.29, 1.82) is 0 Å². The molecule has 1 unspecified atom stereocenters. The number of alkyl halides is 2. The zero-order valence-electron chi connectivity index (χ0n) is 11.4. The van der Waals surface area contributed by atoms with Crippen LogP contribution in [0.1, 0.15) is 12.0 Å². The number of carbonyl (C=O) groups excluding carboxylic acids is 1. The first-order valence-electron chi connectivity index (χ1n) is 6.47. The number of likely N-dealkylation sites (tertiary alicyclic amines) is 1. The van der Waals surface area contributed by atoms with E-state index < -0.39 is 28.5 Å². The van der Waals surface area contributed by atoms with Crippen LogP contribution >= 0.6 is 0 Å². The van der Waals surface area contributed by atoms with Crippen molar-refractivity contribution in [3.8, 4) is 5.75 Å². The third kappa shape index (κ3) is 4.90. The maximum atomic E-state index is 12.6. The summed E-state index contributed by atoms with van der Waals surface area (Å²) in [6.45, 7) is -2.55. The van der Waals surface area contributed by atoms with Gasteiger partial charge in [-0.2, -0.15) is 17.2 Å². The van der Waals surface area contributed by atoms with Crippen LogP contribution in [-0.2, 0) is 21.6 Å². The molecule has 122 valence electrons. The highest BCUT2D eigenvalue weighted by molar-refractivity contribution is 7.86. The Balaban J connectivity index is 1.94. The second kappa shape index (κ2) is 6.55.